The SMILES string of the molecule is O=C(CNC(=O)[C@@H]1Cc2ccc(cc2)OCCC[C@H](C(=O)NO)CC(=O)N1)NCCCF. The maximum absolute atomic E-state index is 12.7. The Kier molecular flexibility index (Phi) is 10.4. The summed E-state index contributed by atoms with van der Waals surface area (Å²) in [6, 6.07) is 6.05. The van der Waals surface area contributed by atoms with Crippen molar-refractivity contribution < 1.29 is 33.5 Å². The molecule has 2 aliphatic rings. The van der Waals surface area contributed by atoms with Crippen molar-refractivity contribution in [2.75, 3.05) is 26.4 Å². The number of hydrogen-bond donors (Lipinski definition) is 5. The fourth-order valence-corrected chi connectivity index (χ4v) is 3.23. The van der Waals surface area contributed by atoms with Crippen LogP contribution in [0.4, 0.5) is 4.39 Å². The van der Waals surface area contributed by atoms with E-state index in [9.17, 15) is 23.6 Å². The quantitative estimate of drug-likeness (QED) is 0.223. The summed E-state index contributed by atoms with van der Waals surface area (Å²) in [6.45, 7) is -0.373. The van der Waals surface area contributed by atoms with Crippen molar-refractivity contribution in [3.05, 3.63) is 29.8 Å². The highest BCUT2D eigenvalue weighted by Gasteiger charge is 2.26. The van der Waals surface area contributed by atoms with Crippen molar-refractivity contribution in [1.29, 1.82) is 0 Å². The summed E-state index contributed by atoms with van der Waals surface area (Å²) >= 11 is 0. The van der Waals surface area contributed by atoms with Crippen molar-refractivity contribution in [2.24, 2.45) is 5.92 Å². The van der Waals surface area contributed by atoms with E-state index in [2.05, 4.69) is 16.0 Å². The molecule has 0 spiro atoms. The number of amides is 4. The first kappa shape index (κ1) is 25.1. The number of ether oxygens (including phenoxy) is 1. The lowest BCUT2D eigenvalue weighted by atomic mass is 9.97. The van der Waals surface area contributed by atoms with E-state index in [4.69, 9.17) is 9.94 Å². The molecule has 4 amide bonds. The van der Waals surface area contributed by atoms with Gasteiger partial charge in [-0.2, -0.15) is 0 Å². The summed E-state index contributed by atoms with van der Waals surface area (Å²) in [7, 11) is 0. The van der Waals surface area contributed by atoms with Crippen LogP contribution in [0.3, 0.4) is 0 Å². The van der Waals surface area contributed by atoms with Crippen LogP contribution >= 0.6 is 0 Å². The number of benzene rings is 1. The molecule has 32 heavy (non-hydrogen) atoms. The molecule has 2 heterocycles. The first-order valence-electron chi connectivity index (χ1n) is 10.5. The Labute approximate surface area is 185 Å². The molecule has 0 aromatic heterocycles. The van der Waals surface area contributed by atoms with Crippen LogP contribution < -0.4 is 26.2 Å². The van der Waals surface area contributed by atoms with Gasteiger partial charge in [0.25, 0.3) is 0 Å². The highest BCUT2D eigenvalue weighted by atomic mass is 19.1. The number of fused-ring (bicyclic) bond motifs is 11. The van der Waals surface area contributed by atoms with E-state index in [1.807, 2.05) is 0 Å². The Bertz CT molecular complexity index is 789. The minimum atomic E-state index is -0.992. The van der Waals surface area contributed by atoms with E-state index in [-0.39, 0.29) is 32.4 Å². The van der Waals surface area contributed by atoms with Crippen molar-refractivity contribution in [3.63, 3.8) is 0 Å². The Balaban J connectivity index is 2.10. The first-order valence-corrected chi connectivity index (χ1v) is 10.5. The largest absolute Gasteiger partial charge is 0.494 e. The summed E-state index contributed by atoms with van der Waals surface area (Å²) in [5.74, 6) is -2.45. The summed E-state index contributed by atoms with van der Waals surface area (Å²) in [4.78, 5) is 49.0. The molecule has 0 radical (unpaired) electrons. The van der Waals surface area contributed by atoms with Gasteiger partial charge in [-0.05, 0) is 37.0 Å². The average Bonchev–Trinajstić information content (AvgIpc) is 2.79. The van der Waals surface area contributed by atoms with E-state index in [0.717, 1.165) is 5.56 Å². The van der Waals surface area contributed by atoms with Gasteiger partial charge in [0.1, 0.15) is 11.8 Å². The topological polar surface area (TPSA) is 146 Å². The van der Waals surface area contributed by atoms with Crippen LogP contribution in [-0.2, 0) is 25.6 Å². The highest BCUT2D eigenvalue weighted by Crippen LogP contribution is 2.17. The zero-order valence-corrected chi connectivity index (χ0v) is 17.7. The zero-order chi connectivity index (χ0) is 23.3. The second-order valence-corrected chi connectivity index (χ2v) is 7.45. The van der Waals surface area contributed by atoms with Gasteiger partial charge in [0, 0.05) is 25.3 Å². The second kappa shape index (κ2) is 13.3. The van der Waals surface area contributed by atoms with Gasteiger partial charge in [0.2, 0.25) is 23.6 Å². The zero-order valence-electron chi connectivity index (χ0n) is 17.7. The fourth-order valence-electron chi connectivity index (χ4n) is 3.23. The molecular weight excluding hydrogens is 423 g/mol. The number of alkyl halides is 1. The third-order valence-corrected chi connectivity index (χ3v) is 4.95. The molecule has 176 valence electrons. The van der Waals surface area contributed by atoms with Gasteiger partial charge in [-0.3, -0.25) is 28.8 Å². The predicted octanol–water partition coefficient (Wildman–Crippen LogP) is -0.00980. The molecule has 0 fully saturated rings. The Morgan fingerprint density at radius 3 is 2.56 bits per heavy atom. The van der Waals surface area contributed by atoms with Crippen LogP contribution in [0.15, 0.2) is 24.3 Å². The van der Waals surface area contributed by atoms with Gasteiger partial charge < -0.3 is 20.7 Å². The second-order valence-electron chi connectivity index (χ2n) is 7.45. The minimum absolute atomic E-state index is 0.151. The van der Waals surface area contributed by atoms with Crippen molar-refractivity contribution in [3.8, 4) is 5.75 Å². The minimum Gasteiger partial charge on any atom is -0.494 e. The van der Waals surface area contributed by atoms with Gasteiger partial charge in [-0.15, -0.1) is 0 Å². The molecule has 0 saturated carbocycles. The normalized spacial score (nSPS) is 19.1. The lowest BCUT2D eigenvalue weighted by Crippen LogP contribution is -2.50. The number of rotatable bonds is 7. The lowest BCUT2D eigenvalue weighted by Gasteiger charge is -2.21. The predicted molar refractivity (Wildman–Crippen MR) is 111 cm³/mol. The monoisotopic (exact) mass is 452 g/mol. The third kappa shape index (κ3) is 8.50. The molecule has 2 aliphatic heterocycles. The van der Waals surface area contributed by atoms with E-state index >= 15 is 0 Å². The molecule has 1 aromatic rings. The van der Waals surface area contributed by atoms with Crippen LogP contribution in [0.2, 0.25) is 0 Å². The third-order valence-electron chi connectivity index (χ3n) is 4.95. The number of nitrogens with one attached hydrogen (secondary N) is 4. The summed E-state index contributed by atoms with van der Waals surface area (Å²) < 4.78 is 17.8. The molecule has 1 aromatic carbocycles. The Hall–Kier alpha value is -3.21. The van der Waals surface area contributed by atoms with Crippen molar-refractivity contribution in [1.82, 2.24) is 21.4 Å². The number of hydrogen-bond acceptors (Lipinski definition) is 6. The summed E-state index contributed by atoms with van der Waals surface area (Å²) in [5, 5.41) is 16.5. The van der Waals surface area contributed by atoms with Gasteiger partial charge in [0.05, 0.1) is 19.8 Å². The van der Waals surface area contributed by atoms with Crippen LogP contribution in [0.25, 0.3) is 0 Å². The molecule has 0 saturated heterocycles. The van der Waals surface area contributed by atoms with Crippen LogP contribution in [0.1, 0.15) is 31.2 Å². The van der Waals surface area contributed by atoms with Crippen LogP contribution in [0, 0.1) is 5.92 Å². The molecule has 2 bridgehead atoms. The lowest BCUT2D eigenvalue weighted by molar-refractivity contribution is -0.137. The summed E-state index contributed by atoms with van der Waals surface area (Å²) in [6.07, 6.45) is 0.888. The summed E-state index contributed by atoms with van der Waals surface area (Å²) in [5.41, 5.74) is 2.32. The van der Waals surface area contributed by atoms with Crippen molar-refractivity contribution in [2.45, 2.75) is 38.1 Å². The molecule has 11 heteroatoms. The number of carbonyl (C=O) groups is 4. The van der Waals surface area contributed by atoms with Gasteiger partial charge in [-0.1, -0.05) is 12.1 Å². The number of halogens is 1. The molecular formula is C21H29FN4O6. The fraction of sp³-hybridized carbons (Fsp3) is 0.524. The maximum atomic E-state index is 12.7. The van der Waals surface area contributed by atoms with E-state index in [0.29, 0.717) is 25.2 Å². The Morgan fingerprint density at radius 1 is 1.12 bits per heavy atom. The molecule has 10 nitrogen and oxygen atoms in total. The van der Waals surface area contributed by atoms with Gasteiger partial charge >= 0.3 is 0 Å². The number of carbonyl (C=O) groups excluding carboxylic acids is 4. The van der Waals surface area contributed by atoms with Gasteiger partial charge in [-0.25, -0.2) is 5.48 Å². The molecule has 2 atom stereocenters. The molecule has 0 unspecified atom stereocenters. The molecule has 0 aliphatic carbocycles. The van der Waals surface area contributed by atoms with Crippen molar-refractivity contribution >= 4 is 23.6 Å². The number of hydroxylamine groups is 1. The highest BCUT2D eigenvalue weighted by molar-refractivity contribution is 5.92. The van der Waals surface area contributed by atoms with Gasteiger partial charge in [0.15, 0.2) is 0 Å². The van der Waals surface area contributed by atoms with E-state index in [1.165, 1.54) is 0 Å². The van der Waals surface area contributed by atoms with E-state index in [1.54, 1.807) is 29.7 Å². The van der Waals surface area contributed by atoms with Crippen LogP contribution in [-0.4, -0.2) is 61.2 Å². The first-order chi connectivity index (χ1) is 15.4. The smallest absolute Gasteiger partial charge is 0.246 e. The molecule has 3 rings (SSSR count). The van der Waals surface area contributed by atoms with Crippen LogP contribution in [0.5, 0.6) is 5.75 Å². The molecule has 5 N–H and O–H groups in total. The maximum Gasteiger partial charge on any atom is 0.246 e. The standard InChI is InChI=1S/C21H29FN4O6/c22-8-2-9-23-19(28)13-24-21(30)17-11-14-4-6-16(7-5-14)32-10-1-3-15(20(29)26-31)12-18(27)25-17/h4-7,15,17,31H,1-3,8-13H2,(H,23,28)(H,24,30)(H,25,27)(H,26,29)/t15-,17-/m0/s1. The Morgan fingerprint density at radius 2 is 1.88 bits per heavy atom. The van der Waals surface area contributed by atoms with E-state index < -0.39 is 42.3 Å². The average molecular weight is 452 g/mol.